The van der Waals surface area contributed by atoms with Crippen LogP contribution in [-0.2, 0) is 21.2 Å². The third-order valence-corrected chi connectivity index (χ3v) is 8.74. The number of fused-ring (bicyclic) bond motifs is 1. The standard InChI is InChI=1S/C26H27Cl2N5O4S/c1-26(2,3)38(35,36)15-23(34)29-10-12-33-11-9-21-24(33)25(31-16-30-21)32-18-7-8-22(20(28)14-18)37-19-6-4-5-17(27)13-19/h4-9,11,13-14,16H,10,12,15H2,1-3H3,(H,29,34)(H,30,31,32). The lowest BCUT2D eigenvalue weighted by molar-refractivity contribution is -0.118. The van der Waals surface area contributed by atoms with Gasteiger partial charge >= 0.3 is 0 Å². The fraction of sp³-hybridized carbons (Fsp3) is 0.269. The largest absolute Gasteiger partial charge is 0.456 e. The lowest BCUT2D eigenvalue weighted by atomic mass is 10.3. The van der Waals surface area contributed by atoms with E-state index in [1.54, 1.807) is 57.2 Å². The van der Waals surface area contributed by atoms with Crippen molar-refractivity contribution < 1.29 is 17.9 Å². The van der Waals surface area contributed by atoms with Crippen LogP contribution in [0.2, 0.25) is 10.0 Å². The number of aromatic nitrogens is 3. The number of carbonyl (C=O) groups excluding carboxylic acids is 1. The number of hydrogen-bond donors (Lipinski definition) is 2. The van der Waals surface area contributed by atoms with E-state index in [1.807, 2.05) is 22.9 Å². The second-order valence-electron chi connectivity index (χ2n) is 9.52. The molecule has 12 heteroatoms. The molecular weight excluding hydrogens is 549 g/mol. The first kappa shape index (κ1) is 27.7. The highest BCUT2D eigenvalue weighted by Crippen LogP contribution is 2.34. The number of ether oxygens (including phenoxy) is 1. The van der Waals surface area contributed by atoms with E-state index in [-0.39, 0.29) is 6.54 Å². The van der Waals surface area contributed by atoms with Gasteiger partial charge in [0.25, 0.3) is 0 Å². The van der Waals surface area contributed by atoms with E-state index in [9.17, 15) is 13.2 Å². The Kier molecular flexibility index (Phi) is 8.15. The number of hydrogen-bond acceptors (Lipinski definition) is 7. The quantitative estimate of drug-likeness (QED) is 0.266. The van der Waals surface area contributed by atoms with Gasteiger partial charge in [0, 0.05) is 30.0 Å². The molecule has 0 bridgehead atoms. The van der Waals surface area contributed by atoms with Crippen molar-refractivity contribution >= 4 is 61.5 Å². The topological polar surface area (TPSA) is 115 Å². The summed E-state index contributed by atoms with van der Waals surface area (Å²) >= 11 is 12.5. The number of amides is 1. The third-order valence-electron chi connectivity index (χ3n) is 5.70. The van der Waals surface area contributed by atoms with Crippen molar-refractivity contribution in [1.82, 2.24) is 19.9 Å². The van der Waals surface area contributed by atoms with E-state index in [2.05, 4.69) is 20.6 Å². The molecule has 0 aliphatic heterocycles. The molecule has 0 saturated carbocycles. The average molecular weight is 577 g/mol. The van der Waals surface area contributed by atoms with Crippen molar-refractivity contribution in [2.24, 2.45) is 0 Å². The molecule has 9 nitrogen and oxygen atoms in total. The van der Waals surface area contributed by atoms with Gasteiger partial charge in [0.15, 0.2) is 15.7 Å². The normalized spacial score (nSPS) is 11.9. The van der Waals surface area contributed by atoms with Gasteiger partial charge in [0.2, 0.25) is 5.91 Å². The lowest BCUT2D eigenvalue weighted by Gasteiger charge is -2.18. The molecule has 38 heavy (non-hydrogen) atoms. The Morgan fingerprint density at radius 2 is 1.87 bits per heavy atom. The predicted octanol–water partition coefficient (Wildman–Crippen LogP) is 5.60. The molecule has 0 radical (unpaired) electrons. The lowest BCUT2D eigenvalue weighted by Crippen LogP contribution is -2.39. The van der Waals surface area contributed by atoms with Crippen molar-refractivity contribution in [2.75, 3.05) is 17.6 Å². The fourth-order valence-electron chi connectivity index (χ4n) is 3.52. The molecule has 0 fully saturated rings. The summed E-state index contributed by atoms with van der Waals surface area (Å²) in [5.74, 6) is 0.483. The van der Waals surface area contributed by atoms with E-state index in [0.717, 1.165) is 5.52 Å². The molecule has 2 N–H and O–H groups in total. The van der Waals surface area contributed by atoms with Crippen molar-refractivity contribution in [3.05, 3.63) is 71.1 Å². The van der Waals surface area contributed by atoms with Crippen LogP contribution in [0, 0.1) is 0 Å². The van der Waals surface area contributed by atoms with Crippen molar-refractivity contribution in [3.63, 3.8) is 0 Å². The molecule has 0 spiro atoms. The molecule has 0 saturated heterocycles. The van der Waals surface area contributed by atoms with Crippen LogP contribution in [0.5, 0.6) is 11.5 Å². The van der Waals surface area contributed by atoms with Gasteiger partial charge in [0.05, 0.1) is 15.3 Å². The smallest absolute Gasteiger partial charge is 0.235 e. The van der Waals surface area contributed by atoms with E-state index >= 15 is 0 Å². The highest BCUT2D eigenvalue weighted by molar-refractivity contribution is 7.93. The maximum absolute atomic E-state index is 12.3. The summed E-state index contributed by atoms with van der Waals surface area (Å²) in [7, 11) is -3.56. The van der Waals surface area contributed by atoms with Gasteiger partial charge < -0.3 is 19.9 Å². The molecule has 0 atom stereocenters. The third kappa shape index (κ3) is 6.56. The number of rotatable bonds is 9. The Hall–Kier alpha value is -3.34. The van der Waals surface area contributed by atoms with Crippen LogP contribution >= 0.6 is 23.2 Å². The molecule has 200 valence electrons. The number of carbonyl (C=O) groups is 1. The summed E-state index contributed by atoms with van der Waals surface area (Å²) in [6.07, 6.45) is 3.28. The van der Waals surface area contributed by atoms with Gasteiger partial charge in [-0.25, -0.2) is 18.4 Å². The number of anilines is 2. The SMILES string of the molecule is CC(C)(C)S(=O)(=O)CC(=O)NCCn1ccc2ncnc(Nc3ccc(Oc4cccc(Cl)c4)c(Cl)c3)c21. The second-order valence-corrected chi connectivity index (χ2v) is 13.1. The molecule has 0 aliphatic rings. The number of benzene rings is 2. The minimum absolute atomic E-state index is 0.234. The summed E-state index contributed by atoms with van der Waals surface area (Å²) in [4.78, 5) is 20.9. The van der Waals surface area contributed by atoms with E-state index in [4.69, 9.17) is 27.9 Å². The van der Waals surface area contributed by atoms with Gasteiger partial charge in [-0.05, 0) is 63.2 Å². The van der Waals surface area contributed by atoms with Crippen LogP contribution < -0.4 is 15.4 Å². The van der Waals surface area contributed by atoms with Crippen molar-refractivity contribution in [2.45, 2.75) is 32.1 Å². The van der Waals surface area contributed by atoms with Gasteiger partial charge in [-0.2, -0.15) is 0 Å². The minimum atomic E-state index is -3.56. The summed E-state index contributed by atoms with van der Waals surface area (Å²) in [5.41, 5.74) is 2.11. The van der Waals surface area contributed by atoms with Crippen LogP contribution in [0.1, 0.15) is 20.8 Å². The maximum atomic E-state index is 12.3. The first-order valence-electron chi connectivity index (χ1n) is 11.7. The second kappa shape index (κ2) is 11.2. The highest BCUT2D eigenvalue weighted by atomic mass is 35.5. The molecule has 4 aromatic rings. The van der Waals surface area contributed by atoms with Gasteiger partial charge in [-0.1, -0.05) is 29.3 Å². The Morgan fingerprint density at radius 1 is 1.08 bits per heavy atom. The number of nitrogens with one attached hydrogen (secondary N) is 2. The zero-order valence-electron chi connectivity index (χ0n) is 21.0. The fourth-order valence-corrected chi connectivity index (χ4v) is 4.80. The molecule has 4 rings (SSSR count). The van der Waals surface area contributed by atoms with Crippen LogP contribution in [0.25, 0.3) is 11.0 Å². The van der Waals surface area contributed by atoms with E-state index in [1.165, 1.54) is 6.33 Å². The van der Waals surface area contributed by atoms with E-state index < -0.39 is 26.2 Å². The summed E-state index contributed by atoms with van der Waals surface area (Å²) in [6, 6.07) is 14.1. The Bertz CT molecular complexity index is 1580. The maximum Gasteiger partial charge on any atom is 0.235 e. The monoisotopic (exact) mass is 575 g/mol. The van der Waals surface area contributed by atoms with Gasteiger partial charge in [0.1, 0.15) is 29.1 Å². The first-order valence-corrected chi connectivity index (χ1v) is 14.1. The molecule has 2 aromatic heterocycles. The Balaban J connectivity index is 1.45. The molecule has 2 heterocycles. The zero-order valence-corrected chi connectivity index (χ0v) is 23.4. The Labute approximate surface area is 231 Å². The highest BCUT2D eigenvalue weighted by Gasteiger charge is 2.31. The van der Waals surface area contributed by atoms with Crippen LogP contribution in [0.3, 0.4) is 0 Å². The van der Waals surface area contributed by atoms with Crippen LogP contribution in [0.4, 0.5) is 11.5 Å². The summed E-state index contributed by atoms with van der Waals surface area (Å²) in [6.45, 7) is 5.34. The summed E-state index contributed by atoms with van der Waals surface area (Å²) < 4.78 is 31.3. The van der Waals surface area contributed by atoms with E-state index in [0.29, 0.717) is 45.1 Å². The first-order chi connectivity index (χ1) is 17.9. The molecule has 2 aromatic carbocycles. The van der Waals surface area contributed by atoms with Crippen LogP contribution in [0.15, 0.2) is 61.1 Å². The molecule has 0 unspecified atom stereocenters. The molecule has 0 aliphatic carbocycles. The number of sulfone groups is 1. The number of halogens is 2. The zero-order chi connectivity index (χ0) is 27.5. The summed E-state index contributed by atoms with van der Waals surface area (Å²) in [5, 5.41) is 6.89. The average Bonchev–Trinajstić information content (AvgIpc) is 3.24. The van der Waals surface area contributed by atoms with Gasteiger partial charge in [-0.15, -0.1) is 0 Å². The van der Waals surface area contributed by atoms with Gasteiger partial charge in [-0.3, -0.25) is 4.79 Å². The predicted molar refractivity (Wildman–Crippen MR) is 150 cm³/mol. The molecular formula is C26H27Cl2N5O4S. The van der Waals surface area contributed by atoms with Crippen molar-refractivity contribution in [3.8, 4) is 11.5 Å². The Morgan fingerprint density at radius 3 is 2.58 bits per heavy atom. The van der Waals surface area contributed by atoms with Crippen molar-refractivity contribution in [1.29, 1.82) is 0 Å². The van der Waals surface area contributed by atoms with Crippen LogP contribution in [-0.4, -0.2) is 45.9 Å². The molecule has 1 amide bonds. The minimum Gasteiger partial charge on any atom is -0.456 e. The number of nitrogens with zero attached hydrogens (tertiary/aromatic N) is 3.